The molecule has 0 saturated heterocycles. The standard InChI is InChI=1S/C19H22N4O5/c1-11(2)15-21-20-14(22(15)18(26)28-19(3,4)5)10-27-23-16(24)12-8-6-7-9-13(12)17(23)25/h6-9,11H,10H2,1-5H3. The number of carbonyl (C=O) groups is 3. The lowest BCUT2D eigenvalue weighted by Gasteiger charge is -2.21. The van der Waals surface area contributed by atoms with Crippen LogP contribution in [0.25, 0.3) is 0 Å². The van der Waals surface area contributed by atoms with Gasteiger partial charge in [-0.1, -0.05) is 26.0 Å². The van der Waals surface area contributed by atoms with Crippen molar-refractivity contribution in [1.82, 2.24) is 19.8 Å². The lowest BCUT2D eigenvalue weighted by Crippen LogP contribution is -2.32. The predicted molar refractivity (Wildman–Crippen MR) is 97.5 cm³/mol. The van der Waals surface area contributed by atoms with Gasteiger partial charge in [-0.05, 0) is 32.9 Å². The van der Waals surface area contributed by atoms with E-state index >= 15 is 0 Å². The van der Waals surface area contributed by atoms with Crippen LogP contribution in [0, 0.1) is 0 Å². The van der Waals surface area contributed by atoms with Gasteiger partial charge in [0.2, 0.25) is 0 Å². The number of imide groups is 1. The number of hydrogen-bond acceptors (Lipinski definition) is 7. The average Bonchev–Trinajstić information content (AvgIpc) is 3.13. The molecule has 1 aliphatic rings. The quantitative estimate of drug-likeness (QED) is 0.744. The summed E-state index contributed by atoms with van der Waals surface area (Å²) in [5, 5.41) is 8.69. The number of benzene rings is 1. The van der Waals surface area contributed by atoms with Gasteiger partial charge in [0.05, 0.1) is 11.1 Å². The molecule has 0 fully saturated rings. The van der Waals surface area contributed by atoms with Gasteiger partial charge < -0.3 is 4.74 Å². The Labute approximate surface area is 162 Å². The molecule has 0 unspecified atom stereocenters. The number of nitrogens with zero attached hydrogens (tertiary/aromatic N) is 4. The highest BCUT2D eigenvalue weighted by Gasteiger charge is 2.37. The minimum absolute atomic E-state index is 0.104. The molecule has 2 aromatic rings. The lowest BCUT2D eigenvalue weighted by atomic mass is 10.1. The maximum Gasteiger partial charge on any atom is 0.421 e. The van der Waals surface area contributed by atoms with E-state index in [4.69, 9.17) is 9.57 Å². The fraction of sp³-hybridized carbons (Fsp3) is 0.421. The van der Waals surface area contributed by atoms with E-state index in [1.165, 1.54) is 4.57 Å². The molecule has 148 valence electrons. The number of hydrogen-bond donors (Lipinski definition) is 0. The molecule has 0 atom stereocenters. The van der Waals surface area contributed by atoms with E-state index in [9.17, 15) is 14.4 Å². The van der Waals surface area contributed by atoms with Crippen molar-refractivity contribution in [3.63, 3.8) is 0 Å². The summed E-state index contributed by atoms with van der Waals surface area (Å²) >= 11 is 0. The third-order valence-electron chi connectivity index (χ3n) is 3.93. The summed E-state index contributed by atoms with van der Waals surface area (Å²) in [5.74, 6) is -0.696. The summed E-state index contributed by atoms with van der Waals surface area (Å²) < 4.78 is 6.64. The fourth-order valence-corrected chi connectivity index (χ4v) is 2.71. The van der Waals surface area contributed by atoms with Gasteiger partial charge in [-0.2, -0.15) is 0 Å². The summed E-state index contributed by atoms with van der Waals surface area (Å²) in [6, 6.07) is 6.45. The predicted octanol–water partition coefficient (Wildman–Crippen LogP) is 2.91. The van der Waals surface area contributed by atoms with Crippen molar-refractivity contribution in [2.75, 3.05) is 0 Å². The smallest absolute Gasteiger partial charge is 0.421 e. The number of hydroxylamine groups is 2. The van der Waals surface area contributed by atoms with Crippen LogP contribution in [0.15, 0.2) is 24.3 Å². The molecule has 0 aliphatic carbocycles. The van der Waals surface area contributed by atoms with Crippen LogP contribution in [-0.2, 0) is 16.2 Å². The summed E-state index contributed by atoms with van der Waals surface area (Å²) in [7, 11) is 0. The van der Waals surface area contributed by atoms with Gasteiger partial charge in [-0.3, -0.25) is 14.4 Å². The Kier molecular flexibility index (Phi) is 5.03. The molecular weight excluding hydrogens is 364 g/mol. The van der Waals surface area contributed by atoms with Crippen molar-refractivity contribution in [2.45, 2.75) is 52.7 Å². The molecule has 1 aromatic carbocycles. The third kappa shape index (κ3) is 3.65. The molecule has 0 radical (unpaired) electrons. The highest BCUT2D eigenvalue weighted by atomic mass is 16.7. The molecule has 1 aliphatic heterocycles. The number of rotatable bonds is 4. The van der Waals surface area contributed by atoms with Crippen LogP contribution in [-0.4, -0.2) is 43.3 Å². The van der Waals surface area contributed by atoms with E-state index in [1.54, 1.807) is 45.0 Å². The Hall–Kier alpha value is -3.07. The second-order valence-electron chi connectivity index (χ2n) is 7.67. The minimum Gasteiger partial charge on any atom is -0.443 e. The summed E-state index contributed by atoms with van der Waals surface area (Å²) in [5.41, 5.74) is -0.177. The molecule has 2 amide bonds. The van der Waals surface area contributed by atoms with Crippen LogP contribution >= 0.6 is 0 Å². The second kappa shape index (κ2) is 7.16. The van der Waals surface area contributed by atoms with Crippen LogP contribution in [0.4, 0.5) is 4.79 Å². The fourth-order valence-electron chi connectivity index (χ4n) is 2.71. The normalized spacial score (nSPS) is 14.0. The molecule has 9 nitrogen and oxygen atoms in total. The van der Waals surface area contributed by atoms with Gasteiger partial charge in [0, 0.05) is 5.92 Å². The molecule has 1 aromatic heterocycles. The van der Waals surface area contributed by atoms with Crippen molar-refractivity contribution in [3.05, 3.63) is 47.0 Å². The van der Waals surface area contributed by atoms with Crippen molar-refractivity contribution >= 4 is 17.9 Å². The van der Waals surface area contributed by atoms with E-state index in [1.807, 2.05) is 13.8 Å². The Balaban J connectivity index is 1.83. The number of ether oxygens (including phenoxy) is 1. The van der Waals surface area contributed by atoms with Crippen molar-refractivity contribution in [3.8, 4) is 0 Å². The van der Waals surface area contributed by atoms with Crippen LogP contribution in [0.2, 0.25) is 0 Å². The molecule has 28 heavy (non-hydrogen) atoms. The van der Waals surface area contributed by atoms with Gasteiger partial charge in [0.25, 0.3) is 11.8 Å². The maximum atomic E-state index is 12.6. The van der Waals surface area contributed by atoms with Crippen LogP contribution < -0.4 is 0 Å². The van der Waals surface area contributed by atoms with Crippen LogP contribution in [0.5, 0.6) is 0 Å². The van der Waals surface area contributed by atoms with E-state index in [2.05, 4.69) is 10.2 Å². The van der Waals surface area contributed by atoms with Gasteiger partial charge >= 0.3 is 6.09 Å². The second-order valence-corrected chi connectivity index (χ2v) is 7.67. The Morgan fingerprint density at radius 1 is 1.07 bits per heavy atom. The van der Waals surface area contributed by atoms with E-state index in [0.717, 1.165) is 0 Å². The van der Waals surface area contributed by atoms with Crippen LogP contribution in [0.3, 0.4) is 0 Å². The lowest BCUT2D eigenvalue weighted by molar-refractivity contribution is -0.103. The van der Waals surface area contributed by atoms with Gasteiger partial charge in [-0.25, -0.2) is 9.36 Å². The van der Waals surface area contributed by atoms with Crippen LogP contribution in [0.1, 0.15) is 72.9 Å². The SMILES string of the molecule is CC(C)c1nnc(CON2C(=O)c3ccccc3C2=O)n1C(=O)OC(C)(C)C. The third-order valence-corrected chi connectivity index (χ3v) is 3.93. The Bertz CT molecular complexity index is 907. The largest absolute Gasteiger partial charge is 0.443 e. The average molecular weight is 386 g/mol. The molecule has 9 heteroatoms. The zero-order chi connectivity index (χ0) is 20.6. The van der Waals surface area contributed by atoms with Crippen molar-refractivity contribution in [1.29, 1.82) is 0 Å². The first-order chi connectivity index (χ1) is 13.1. The maximum absolute atomic E-state index is 12.6. The monoisotopic (exact) mass is 386 g/mol. The van der Waals surface area contributed by atoms with E-state index < -0.39 is 23.5 Å². The number of carbonyl (C=O) groups excluding carboxylic acids is 3. The molecule has 3 rings (SSSR count). The molecular formula is C19H22N4O5. The number of amides is 2. The topological polar surface area (TPSA) is 104 Å². The first kappa shape index (κ1) is 19.7. The number of fused-ring (bicyclic) bond motifs is 1. The number of aromatic nitrogens is 3. The molecule has 0 N–H and O–H groups in total. The zero-order valence-corrected chi connectivity index (χ0v) is 16.4. The van der Waals surface area contributed by atoms with Gasteiger partial charge in [-0.15, -0.1) is 15.3 Å². The van der Waals surface area contributed by atoms with E-state index in [-0.39, 0.29) is 29.5 Å². The highest BCUT2D eigenvalue weighted by Crippen LogP contribution is 2.24. The Morgan fingerprint density at radius 3 is 2.14 bits per heavy atom. The molecule has 0 spiro atoms. The molecule has 0 saturated carbocycles. The van der Waals surface area contributed by atoms with Gasteiger partial charge in [0.15, 0.2) is 5.82 Å². The van der Waals surface area contributed by atoms with E-state index in [0.29, 0.717) is 10.9 Å². The summed E-state index contributed by atoms with van der Waals surface area (Å²) in [6.45, 7) is 8.67. The van der Waals surface area contributed by atoms with Crippen molar-refractivity contribution < 1.29 is 24.0 Å². The zero-order valence-electron chi connectivity index (χ0n) is 16.4. The Morgan fingerprint density at radius 2 is 1.64 bits per heavy atom. The first-order valence-electron chi connectivity index (χ1n) is 8.88. The van der Waals surface area contributed by atoms with Gasteiger partial charge in [0.1, 0.15) is 18.0 Å². The minimum atomic E-state index is -0.712. The molecule has 2 heterocycles. The molecule has 0 bridgehead atoms. The first-order valence-corrected chi connectivity index (χ1v) is 8.88. The highest BCUT2D eigenvalue weighted by molar-refractivity contribution is 6.20. The summed E-state index contributed by atoms with van der Waals surface area (Å²) in [6.07, 6.45) is -0.651. The van der Waals surface area contributed by atoms with Crippen molar-refractivity contribution in [2.24, 2.45) is 0 Å². The summed E-state index contributed by atoms with van der Waals surface area (Å²) in [4.78, 5) is 42.8.